The number of aliphatic hydroxyl groups excluding tert-OH is 4. The number of allylic oxidation sites excluding steroid dienone is 6. The number of nitrogens with one attached hydrogen (secondary N) is 1. The fraction of sp³-hybridized carbons (Fsp3) is 0.885. The van der Waals surface area contributed by atoms with Gasteiger partial charge in [0.25, 0.3) is 0 Å². The number of aliphatic hydroxyl groups is 4. The molecular formula is C61H117NO5. The van der Waals surface area contributed by atoms with Gasteiger partial charge in [-0.2, -0.15) is 0 Å². The van der Waals surface area contributed by atoms with Gasteiger partial charge < -0.3 is 25.7 Å². The topological polar surface area (TPSA) is 110 Å². The predicted octanol–water partition coefficient (Wildman–Crippen LogP) is 17.6. The highest BCUT2D eigenvalue weighted by Crippen LogP contribution is 2.17. The van der Waals surface area contributed by atoms with Gasteiger partial charge in [-0.1, -0.05) is 275 Å². The van der Waals surface area contributed by atoms with Gasteiger partial charge in [-0.05, 0) is 77.0 Å². The third kappa shape index (κ3) is 49.3. The Labute approximate surface area is 417 Å². The van der Waals surface area contributed by atoms with Crippen LogP contribution in [-0.4, -0.2) is 57.3 Å². The van der Waals surface area contributed by atoms with E-state index in [9.17, 15) is 25.2 Å². The maximum Gasteiger partial charge on any atom is 0.249 e. The van der Waals surface area contributed by atoms with Gasteiger partial charge in [-0.25, -0.2) is 0 Å². The quantitative estimate of drug-likeness (QED) is 0.0308. The average molecular weight is 945 g/mol. The van der Waals surface area contributed by atoms with E-state index in [1.807, 2.05) is 0 Å². The van der Waals surface area contributed by atoms with E-state index in [1.165, 1.54) is 244 Å². The highest BCUT2D eigenvalue weighted by Gasteiger charge is 2.28. The lowest BCUT2D eigenvalue weighted by Gasteiger charge is -2.27. The summed E-state index contributed by atoms with van der Waals surface area (Å²) in [6.45, 7) is 4.07. The van der Waals surface area contributed by atoms with Crippen molar-refractivity contribution < 1.29 is 25.2 Å². The second-order valence-electron chi connectivity index (χ2n) is 20.7. The minimum absolute atomic E-state index is 0.362. The van der Waals surface area contributed by atoms with Gasteiger partial charge in [-0.3, -0.25) is 4.79 Å². The Bertz CT molecular complexity index is 1060. The second kappa shape index (κ2) is 55.5. The van der Waals surface area contributed by atoms with Crippen LogP contribution in [0.1, 0.15) is 316 Å². The largest absolute Gasteiger partial charge is 0.394 e. The maximum absolute atomic E-state index is 12.6. The van der Waals surface area contributed by atoms with Crippen molar-refractivity contribution in [2.75, 3.05) is 6.61 Å². The third-order valence-electron chi connectivity index (χ3n) is 14.1. The first-order valence-electron chi connectivity index (χ1n) is 29.9. The minimum Gasteiger partial charge on any atom is -0.394 e. The summed E-state index contributed by atoms with van der Waals surface area (Å²) < 4.78 is 0. The molecule has 67 heavy (non-hydrogen) atoms. The molecule has 0 saturated heterocycles. The summed E-state index contributed by atoms with van der Waals surface area (Å²) in [5.74, 6) is -0.593. The van der Waals surface area contributed by atoms with Crippen LogP contribution in [0.2, 0.25) is 0 Å². The molecule has 6 heteroatoms. The molecule has 4 atom stereocenters. The van der Waals surface area contributed by atoms with Crippen LogP contribution in [0.3, 0.4) is 0 Å². The standard InChI is InChI=1S/C61H117NO5/c1-3-5-7-9-11-13-15-17-19-21-23-25-26-27-28-29-30-31-32-33-34-35-37-39-41-43-45-47-49-51-53-55-59(65)61(67)62-57(56-63)60(66)58(64)54-52-50-48-46-44-42-40-38-36-24-22-20-18-16-14-12-10-8-6-4-2/h27-28,38,40,46,48,57-60,63-66H,3-26,29-37,39,41-45,47,49-56H2,1-2H3,(H,62,67)/b28-27-,40-38+,48-46+. The molecule has 0 bridgehead atoms. The molecule has 0 rings (SSSR count). The number of amides is 1. The normalized spacial score (nSPS) is 13.9. The Morgan fingerprint density at radius 2 is 0.627 bits per heavy atom. The molecule has 0 heterocycles. The van der Waals surface area contributed by atoms with Gasteiger partial charge in [0.05, 0.1) is 18.8 Å². The van der Waals surface area contributed by atoms with Crippen molar-refractivity contribution in [3.05, 3.63) is 36.5 Å². The molecule has 6 nitrogen and oxygen atoms in total. The minimum atomic E-state index is -1.29. The van der Waals surface area contributed by atoms with E-state index in [-0.39, 0.29) is 0 Å². The Balaban J connectivity index is 3.62. The Morgan fingerprint density at radius 1 is 0.358 bits per heavy atom. The van der Waals surface area contributed by atoms with Crippen molar-refractivity contribution >= 4 is 5.91 Å². The molecule has 0 spiro atoms. The molecule has 0 fully saturated rings. The number of hydrogen-bond donors (Lipinski definition) is 5. The van der Waals surface area contributed by atoms with Gasteiger partial charge in [0, 0.05) is 0 Å². The summed E-state index contributed by atoms with van der Waals surface area (Å²) in [5.41, 5.74) is 0. The first kappa shape index (κ1) is 65.5. The van der Waals surface area contributed by atoms with Gasteiger partial charge in [0.15, 0.2) is 0 Å². The molecule has 1 amide bonds. The van der Waals surface area contributed by atoms with Crippen molar-refractivity contribution in [2.45, 2.75) is 340 Å². The van der Waals surface area contributed by atoms with Crippen LogP contribution in [0.4, 0.5) is 0 Å². The smallest absolute Gasteiger partial charge is 0.249 e. The molecule has 0 saturated carbocycles. The van der Waals surface area contributed by atoms with E-state index >= 15 is 0 Å². The fourth-order valence-electron chi connectivity index (χ4n) is 9.36. The summed E-state index contributed by atoms with van der Waals surface area (Å²) in [5, 5.41) is 44.0. The van der Waals surface area contributed by atoms with E-state index in [2.05, 4.69) is 55.6 Å². The van der Waals surface area contributed by atoms with Crippen molar-refractivity contribution in [2.24, 2.45) is 0 Å². The second-order valence-corrected chi connectivity index (χ2v) is 20.7. The van der Waals surface area contributed by atoms with Gasteiger partial charge in [0.1, 0.15) is 12.2 Å². The molecule has 5 N–H and O–H groups in total. The highest BCUT2D eigenvalue weighted by molar-refractivity contribution is 5.80. The van der Waals surface area contributed by atoms with E-state index < -0.39 is 36.9 Å². The number of rotatable bonds is 55. The molecule has 396 valence electrons. The summed E-state index contributed by atoms with van der Waals surface area (Å²) in [4.78, 5) is 12.6. The van der Waals surface area contributed by atoms with Crippen LogP contribution in [0, 0.1) is 0 Å². The van der Waals surface area contributed by atoms with Crippen molar-refractivity contribution in [3.8, 4) is 0 Å². The van der Waals surface area contributed by atoms with Crippen molar-refractivity contribution in [1.82, 2.24) is 5.32 Å². The lowest BCUT2D eigenvalue weighted by atomic mass is 10.00. The van der Waals surface area contributed by atoms with Crippen molar-refractivity contribution in [1.29, 1.82) is 0 Å². The lowest BCUT2D eigenvalue weighted by molar-refractivity contribution is -0.132. The van der Waals surface area contributed by atoms with Gasteiger partial charge >= 0.3 is 0 Å². The number of carbonyl (C=O) groups excluding carboxylic acids is 1. The van der Waals surface area contributed by atoms with Crippen LogP contribution in [0.25, 0.3) is 0 Å². The van der Waals surface area contributed by atoms with Crippen LogP contribution < -0.4 is 5.32 Å². The molecule has 0 aromatic rings. The number of unbranched alkanes of at least 4 members (excludes halogenated alkanes) is 40. The summed E-state index contributed by atoms with van der Waals surface area (Å²) >= 11 is 0. The Morgan fingerprint density at radius 3 is 0.940 bits per heavy atom. The van der Waals surface area contributed by atoms with Crippen LogP contribution in [0.5, 0.6) is 0 Å². The zero-order valence-electron chi connectivity index (χ0n) is 44.9. The summed E-state index contributed by atoms with van der Waals surface area (Å²) in [7, 11) is 0. The third-order valence-corrected chi connectivity index (χ3v) is 14.1. The SMILES string of the molecule is CCCCCCCCCCCCC/C=C/CC/C=C/CCCC(O)C(O)C(CO)NC(=O)C(O)CCCCCCCCCCCCCCCCC/C=C\CCCCCCCCCCCCCC. The highest BCUT2D eigenvalue weighted by atomic mass is 16.3. The number of carbonyl (C=O) groups is 1. The lowest BCUT2D eigenvalue weighted by Crippen LogP contribution is -2.53. The molecule has 0 aromatic heterocycles. The van der Waals surface area contributed by atoms with Crippen LogP contribution >= 0.6 is 0 Å². The van der Waals surface area contributed by atoms with E-state index in [4.69, 9.17) is 0 Å². The fourth-order valence-corrected chi connectivity index (χ4v) is 9.36. The zero-order valence-corrected chi connectivity index (χ0v) is 44.9. The van der Waals surface area contributed by atoms with E-state index in [0.29, 0.717) is 19.3 Å². The summed E-state index contributed by atoms with van der Waals surface area (Å²) in [6, 6.07) is -1.01. The number of hydrogen-bond acceptors (Lipinski definition) is 5. The van der Waals surface area contributed by atoms with Crippen LogP contribution in [-0.2, 0) is 4.79 Å². The molecule has 0 aliphatic rings. The van der Waals surface area contributed by atoms with E-state index in [1.54, 1.807) is 0 Å². The Hall–Kier alpha value is -1.47. The van der Waals surface area contributed by atoms with Gasteiger partial charge in [-0.15, -0.1) is 0 Å². The Kier molecular flexibility index (Phi) is 54.2. The monoisotopic (exact) mass is 944 g/mol. The first-order valence-corrected chi connectivity index (χ1v) is 29.9. The first-order chi connectivity index (χ1) is 33.0. The molecule has 0 aromatic carbocycles. The molecule has 0 aliphatic carbocycles. The van der Waals surface area contributed by atoms with E-state index in [0.717, 1.165) is 38.5 Å². The molecule has 0 radical (unpaired) electrons. The predicted molar refractivity (Wildman–Crippen MR) is 293 cm³/mol. The molecule has 0 aliphatic heterocycles. The average Bonchev–Trinajstić information content (AvgIpc) is 3.33. The molecular weight excluding hydrogens is 827 g/mol. The maximum atomic E-state index is 12.6. The van der Waals surface area contributed by atoms with Crippen LogP contribution in [0.15, 0.2) is 36.5 Å². The van der Waals surface area contributed by atoms with Crippen molar-refractivity contribution in [3.63, 3.8) is 0 Å². The summed E-state index contributed by atoms with van der Waals surface area (Å²) in [6.07, 6.45) is 69.4. The zero-order chi connectivity index (χ0) is 48.8. The van der Waals surface area contributed by atoms with Gasteiger partial charge in [0.2, 0.25) is 5.91 Å². The molecule has 4 unspecified atom stereocenters.